The molecule has 0 atom stereocenters. The highest BCUT2D eigenvalue weighted by Crippen LogP contribution is 2.22. The van der Waals surface area contributed by atoms with E-state index in [1.54, 1.807) is 10.7 Å². The lowest BCUT2D eigenvalue weighted by molar-refractivity contribution is 0.0697. The smallest absolute Gasteiger partial charge is 0.335 e. The van der Waals surface area contributed by atoms with Crippen LogP contribution in [0, 0.1) is 0 Å². The van der Waals surface area contributed by atoms with Crippen LogP contribution in [0.5, 0.6) is 0 Å². The van der Waals surface area contributed by atoms with Crippen LogP contribution >= 0.6 is 0 Å². The largest absolute Gasteiger partial charge is 0.478 e. The number of hydrogen-bond donors (Lipinski definition) is 2. The molecular weight excluding hydrogens is 258 g/mol. The Bertz CT molecular complexity index is 796. The average molecular weight is 269 g/mol. The molecule has 7 heteroatoms. The molecule has 0 unspecified atom stereocenters. The number of nitrogens with zero attached hydrogens (tertiary/aromatic N) is 4. The molecule has 0 radical (unpaired) electrons. The van der Waals surface area contributed by atoms with E-state index in [1.807, 2.05) is 19.3 Å². The zero-order valence-electron chi connectivity index (χ0n) is 10.6. The third kappa shape index (κ3) is 2.16. The van der Waals surface area contributed by atoms with Gasteiger partial charge in [0.2, 0.25) is 0 Å². The summed E-state index contributed by atoms with van der Waals surface area (Å²) in [5.41, 5.74) is 0.762. The number of carboxylic acid groups (broad SMARTS) is 1. The maximum absolute atomic E-state index is 11.0. The van der Waals surface area contributed by atoms with Crippen LogP contribution in [0.2, 0.25) is 0 Å². The second-order valence-corrected chi connectivity index (χ2v) is 4.26. The summed E-state index contributed by atoms with van der Waals surface area (Å²) < 4.78 is 1.67. The number of aromatic nitrogens is 4. The SMILES string of the molecule is Cn1ccc(Nc2ncnc3cc(C(=O)O)ccc23)n1. The zero-order valence-corrected chi connectivity index (χ0v) is 10.6. The molecule has 1 aromatic carbocycles. The van der Waals surface area contributed by atoms with Gasteiger partial charge in [0.25, 0.3) is 0 Å². The van der Waals surface area contributed by atoms with Crippen molar-refractivity contribution in [3.63, 3.8) is 0 Å². The van der Waals surface area contributed by atoms with E-state index in [1.165, 1.54) is 18.5 Å². The number of carboxylic acids is 1. The van der Waals surface area contributed by atoms with E-state index in [9.17, 15) is 4.79 Å². The van der Waals surface area contributed by atoms with Crippen molar-refractivity contribution in [2.75, 3.05) is 5.32 Å². The van der Waals surface area contributed by atoms with E-state index < -0.39 is 5.97 Å². The molecule has 0 saturated heterocycles. The van der Waals surface area contributed by atoms with Gasteiger partial charge in [-0.25, -0.2) is 14.8 Å². The Labute approximate surface area is 113 Å². The monoisotopic (exact) mass is 269 g/mol. The lowest BCUT2D eigenvalue weighted by Crippen LogP contribution is -2.00. The molecule has 2 aromatic heterocycles. The van der Waals surface area contributed by atoms with Crippen LogP contribution in [-0.4, -0.2) is 30.8 Å². The molecule has 0 aliphatic rings. The van der Waals surface area contributed by atoms with Crippen molar-refractivity contribution in [3.05, 3.63) is 42.4 Å². The summed E-state index contributed by atoms with van der Waals surface area (Å²) in [6, 6.07) is 6.55. The van der Waals surface area contributed by atoms with Gasteiger partial charge in [0.05, 0.1) is 11.1 Å². The van der Waals surface area contributed by atoms with Crippen LogP contribution in [0.4, 0.5) is 11.6 Å². The number of hydrogen-bond acceptors (Lipinski definition) is 5. The predicted molar refractivity (Wildman–Crippen MR) is 73.0 cm³/mol. The molecule has 0 saturated carbocycles. The molecule has 100 valence electrons. The van der Waals surface area contributed by atoms with Crippen LogP contribution < -0.4 is 5.32 Å². The number of rotatable bonds is 3. The molecule has 0 amide bonds. The van der Waals surface area contributed by atoms with E-state index in [-0.39, 0.29) is 5.56 Å². The second-order valence-electron chi connectivity index (χ2n) is 4.26. The molecule has 0 fully saturated rings. The maximum atomic E-state index is 11.0. The molecule has 0 aliphatic heterocycles. The van der Waals surface area contributed by atoms with E-state index in [0.717, 1.165) is 5.39 Å². The van der Waals surface area contributed by atoms with Gasteiger partial charge in [-0.15, -0.1) is 0 Å². The molecular formula is C13H11N5O2. The van der Waals surface area contributed by atoms with Crippen molar-refractivity contribution in [1.29, 1.82) is 0 Å². The number of anilines is 2. The summed E-state index contributed by atoms with van der Waals surface area (Å²) in [6.45, 7) is 0. The van der Waals surface area contributed by atoms with Gasteiger partial charge in [-0.05, 0) is 18.2 Å². The molecule has 3 aromatic rings. The van der Waals surface area contributed by atoms with Gasteiger partial charge in [0.1, 0.15) is 12.1 Å². The Morgan fingerprint density at radius 1 is 1.30 bits per heavy atom. The van der Waals surface area contributed by atoms with Gasteiger partial charge in [-0.2, -0.15) is 5.10 Å². The molecule has 0 bridgehead atoms. The number of carbonyl (C=O) groups is 1. The van der Waals surface area contributed by atoms with Gasteiger partial charge in [0.15, 0.2) is 5.82 Å². The Hall–Kier alpha value is -2.96. The van der Waals surface area contributed by atoms with E-state index in [2.05, 4.69) is 20.4 Å². The number of aryl methyl sites for hydroxylation is 1. The molecule has 7 nitrogen and oxygen atoms in total. The fourth-order valence-electron chi connectivity index (χ4n) is 1.89. The van der Waals surface area contributed by atoms with Gasteiger partial charge in [-0.1, -0.05) is 0 Å². The first-order chi connectivity index (χ1) is 9.63. The van der Waals surface area contributed by atoms with Gasteiger partial charge >= 0.3 is 5.97 Å². The fourth-order valence-corrected chi connectivity index (χ4v) is 1.89. The third-order valence-corrected chi connectivity index (χ3v) is 2.84. The highest BCUT2D eigenvalue weighted by atomic mass is 16.4. The van der Waals surface area contributed by atoms with Gasteiger partial charge < -0.3 is 10.4 Å². The average Bonchev–Trinajstić information content (AvgIpc) is 2.84. The van der Waals surface area contributed by atoms with Crippen LogP contribution in [0.1, 0.15) is 10.4 Å². The summed E-state index contributed by atoms with van der Waals surface area (Å²) in [4.78, 5) is 19.2. The maximum Gasteiger partial charge on any atom is 0.335 e. The van der Waals surface area contributed by atoms with Crippen molar-refractivity contribution in [1.82, 2.24) is 19.7 Å². The van der Waals surface area contributed by atoms with E-state index >= 15 is 0 Å². The minimum absolute atomic E-state index is 0.194. The first-order valence-corrected chi connectivity index (χ1v) is 5.88. The minimum atomic E-state index is -0.982. The Kier molecular flexibility index (Phi) is 2.79. The van der Waals surface area contributed by atoms with Gasteiger partial charge in [0, 0.05) is 24.7 Å². The van der Waals surface area contributed by atoms with Crippen molar-refractivity contribution >= 4 is 28.5 Å². The topological polar surface area (TPSA) is 92.9 Å². The lowest BCUT2D eigenvalue weighted by atomic mass is 10.1. The van der Waals surface area contributed by atoms with Crippen LogP contribution in [0.3, 0.4) is 0 Å². The Morgan fingerprint density at radius 3 is 2.85 bits per heavy atom. The highest BCUT2D eigenvalue weighted by Gasteiger charge is 2.09. The molecule has 2 N–H and O–H groups in total. The zero-order chi connectivity index (χ0) is 14.1. The summed E-state index contributed by atoms with van der Waals surface area (Å²) in [5.74, 6) is 0.269. The normalized spacial score (nSPS) is 10.7. The summed E-state index contributed by atoms with van der Waals surface area (Å²) in [5, 5.41) is 17.0. The standard InChI is InChI=1S/C13H11N5O2/c1-18-5-4-11(17-18)16-12-9-3-2-8(13(19)20)6-10(9)14-7-15-12/h2-7H,1H3,(H,19,20)(H,14,15,16,17). The summed E-state index contributed by atoms with van der Waals surface area (Å²) in [6.07, 6.45) is 3.20. The number of nitrogens with one attached hydrogen (secondary N) is 1. The van der Waals surface area contributed by atoms with Crippen LogP contribution in [-0.2, 0) is 7.05 Å². The lowest BCUT2D eigenvalue weighted by Gasteiger charge is -2.06. The number of fused-ring (bicyclic) bond motifs is 1. The van der Waals surface area contributed by atoms with Crippen molar-refractivity contribution in [2.24, 2.45) is 7.05 Å². The minimum Gasteiger partial charge on any atom is -0.478 e. The van der Waals surface area contributed by atoms with Crippen molar-refractivity contribution in [2.45, 2.75) is 0 Å². The van der Waals surface area contributed by atoms with Crippen LogP contribution in [0.25, 0.3) is 10.9 Å². The third-order valence-electron chi connectivity index (χ3n) is 2.84. The first kappa shape index (κ1) is 12.1. The Balaban J connectivity index is 2.05. The number of aromatic carboxylic acids is 1. The van der Waals surface area contributed by atoms with Crippen LogP contribution in [0.15, 0.2) is 36.8 Å². The summed E-state index contributed by atoms with van der Waals surface area (Å²) >= 11 is 0. The second kappa shape index (κ2) is 4.61. The molecule has 2 heterocycles. The number of benzene rings is 1. The molecule has 0 spiro atoms. The van der Waals surface area contributed by atoms with E-state index in [4.69, 9.17) is 5.11 Å². The fraction of sp³-hybridized carbons (Fsp3) is 0.0769. The van der Waals surface area contributed by atoms with Gasteiger partial charge in [-0.3, -0.25) is 4.68 Å². The molecule has 0 aliphatic carbocycles. The first-order valence-electron chi connectivity index (χ1n) is 5.88. The molecule has 3 rings (SSSR count). The van der Waals surface area contributed by atoms with E-state index in [0.29, 0.717) is 17.2 Å². The highest BCUT2D eigenvalue weighted by molar-refractivity contribution is 5.96. The summed E-state index contributed by atoms with van der Waals surface area (Å²) in [7, 11) is 1.82. The van der Waals surface area contributed by atoms with Crippen molar-refractivity contribution in [3.8, 4) is 0 Å². The Morgan fingerprint density at radius 2 is 2.15 bits per heavy atom. The predicted octanol–water partition coefficient (Wildman–Crippen LogP) is 1.81. The quantitative estimate of drug-likeness (QED) is 0.753. The van der Waals surface area contributed by atoms with Crippen molar-refractivity contribution < 1.29 is 9.90 Å². The molecule has 20 heavy (non-hydrogen) atoms.